The Morgan fingerprint density at radius 3 is 2.36 bits per heavy atom. The van der Waals surface area contributed by atoms with Gasteiger partial charge < -0.3 is 9.84 Å². The number of benzene rings is 3. The Morgan fingerprint density at radius 1 is 0.880 bits per heavy atom. The topological polar surface area (TPSA) is 29.5 Å². The first kappa shape index (κ1) is 15.9. The van der Waals surface area contributed by atoms with Crippen LogP contribution in [0.2, 0.25) is 0 Å². The van der Waals surface area contributed by atoms with E-state index >= 15 is 0 Å². The zero-order chi connectivity index (χ0) is 17.2. The molecule has 4 rings (SSSR count). The van der Waals surface area contributed by atoms with Gasteiger partial charge in [-0.15, -0.1) is 0 Å². The van der Waals surface area contributed by atoms with Crippen molar-refractivity contribution in [2.75, 3.05) is 0 Å². The van der Waals surface area contributed by atoms with Gasteiger partial charge in [-0.1, -0.05) is 48.5 Å². The number of fused-ring (bicyclic) bond motifs is 1. The molecule has 3 aromatic carbocycles. The monoisotopic (exact) mass is 330 g/mol. The number of hydrogen-bond donors (Lipinski definition) is 1. The minimum Gasteiger partial charge on any atom is -0.489 e. The third kappa shape index (κ3) is 3.06. The summed E-state index contributed by atoms with van der Waals surface area (Å²) in [5.74, 6) is 1.02. The Bertz CT molecular complexity index is 897. The van der Waals surface area contributed by atoms with E-state index in [1.165, 1.54) is 33.4 Å². The minimum absolute atomic E-state index is 0.0767. The fourth-order valence-corrected chi connectivity index (χ4v) is 3.61. The second-order valence-corrected chi connectivity index (χ2v) is 6.66. The van der Waals surface area contributed by atoms with Crippen LogP contribution < -0.4 is 4.74 Å². The molecular weight excluding hydrogens is 308 g/mol. The Balaban J connectivity index is 1.66. The van der Waals surface area contributed by atoms with Crippen LogP contribution in [0.25, 0.3) is 11.1 Å². The highest BCUT2D eigenvalue weighted by Crippen LogP contribution is 2.42. The Hall–Kier alpha value is -2.58. The summed E-state index contributed by atoms with van der Waals surface area (Å²) in [5, 5.41) is 9.42. The largest absolute Gasteiger partial charge is 0.489 e. The molecule has 1 aliphatic carbocycles. The maximum absolute atomic E-state index is 9.42. The summed E-state index contributed by atoms with van der Waals surface area (Å²) < 4.78 is 6.13. The molecule has 0 saturated heterocycles. The zero-order valence-electron chi connectivity index (χ0n) is 14.5. The zero-order valence-corrected chi connectivity index (χ0v) is 14.5. The maximum Gasteiger partial charge on any atom is 0.123 e. The highest BCUT2D eigenvalue weighted by atomic mass is 16.5. The number of aliphatic hydroxyl groups is 1. The van der Waals surface area contributed by atoms with Crippen LogP contribution in [-0.2, 0) is 26.1 Å². The lowest BCUT2D eigenvalue weighted by Crippen LogP contribution is -2.14. The van der Waals surface area contributed by atoms with Gasteiger partial charge in [0.25, 0.3) is 0 Å². The van der Waals surface area contributed by atoms with Crippen LogP contribution in [0.1, 0.15) is 27.8 Å². The first-order valence-corrected chi connectivity index (χ1v) is 8.78. The van der Waals surface area contributed by atoms with Crippen molar-refractivity contribution >= 4 is 0 Å². The lowest BCUT2D eigenvalue weighted by molar-refractivity contribution is 0.282. The van der Waals surface area contributed by atoms with Crippen molar-refractivity contribution in [2.24, 2.45) is 0 Å². The SMILES string of the molecule is Cc1cc(OCc2ccccc2)c2c(c1-c1cccc(CO)c1)CC2. The third-order valence-corrected chi connectivity index (χ3v) is 4.97. The van der Waals surface area contributed by atoms with Crippen molar-refractivity contribution in [3.8, 4) is 16.9 Å². The lowest BCUT2D eigenvalue weighted by Gasteiger charge is -2.28. The molecule has 2 nitrogen and oxygen atoms in total. The van der Waals surface area contributed by atoms with Crippen molar-refractivity contribution in [1.29, 1.82) is 0 Å². The van der Waals surface area contributed by atoms with Crippen LogP contribution in [0.3, 0.4) is 0 Å². The van der Waals surface area contributed by atoms with Crippen LogP contribution in [0, 0.1) is 6.92 Å². The molecule has 0 spiro atoms. The molecule has 0 aliphatic heterocycles. The van der Waals surface area contributed by atoms with E-state index in [9.17, 15) is 5.11 Å². The number of rotatable bonds is 5. The van der Waals surface area contributed by atoms with E-state index in [4.69, 9.17) is 4.74 Å². The normalized spacial score (nSPS) is 12.4. The molecule has 25 heavy (non-hydrogen) atoms. The molecule has 126 valence electrons. The molecule has 0 amide bonds. The van der Waals surface area contributed by atoms with Gasteiger partial charge in [0.05, 0.1) is 6.61 Å². The first-order valence-electron chi connectivity index (χ1n) is 8.78. The highest BCUT2D eigenvalue weighted by Gasteiger charge is 2.24. The van der Waals surface area contributed by atoms with Crippen LogP contribution in [0.4, 0.5) is 0 Å². The van der Waals surface area contributed by atoms with Gasteiger partial charge in [0.1, 0.15) is 12.4 Å². The van der Waals surface area contributed by atoms with Crippen LogP contribution >= 0.6 is 0 Å². The van der Waals surface area contributed by atoms with E-state index in [0.29, 0.717) is 6.61 Å². The molecule has 1 aliphatic rings. The summed E-state index contributed by atoms with van der Waals surface area (Å²) >= 11 is 0. The number of hydrogen-bond acceptors (Lipinski definition) is 2. The Morgan fingerprint density at radius 2 is 1.64 bits per heavy atom. The van der Waals surface area contributed by atoms with Gasteiger partial charge >= 0.3 is 0 Å². The standard InChI is InChI=1S/C23H22O2/c1-16-12-22(25-15-17-6-3-2-4-7-17)20-10-11-21(20)23(16)19-9-5-8-18(13-19)14-24/h2-9,12-13,24H,10-11,14-15H2,1H3. The average Bonchev–Trinajstić information content (AvgIpc) is 2.63. The summed E-state index contributed by atoms with van der Waals surface area (Å²) in [5.41, 5.74) is 8.61. The number of ether oxygens (including phenoxy) is 1. The predicted octanol–water partition coefficient (Wildman–Crippen LogP) is 4.83. The fraction of sp³-hybridized carbons (Fsp3) is 0.217. The van der Waals surface area contributed by atoms with Gasteiger partial charge in [0.15, 0.2) is 0 Å². The average molecular weight is 330 g/mol. The molecule has 3 aromatic rings. The van der Waals surface area contributed by atoms with E-state index in [2.05, 4.69) is 37.3 Å². The van der Waals surface area contributed by atoms with Crippen LogP contribution in [0.5, 0.6) is 5.75 Å². The molecule has 0 heterocycles. The van der Waals surface area contributed by atoms with Gasteiger partial charge in [0, 0.05) is 0 Å². The van der Waals surface area contributed by atoms with Gasteiger partial charge in [-0.25, -0.2) is 0 Å². The predicted molar refractivity (Wildman–Crippen MR) is 101 cm³/mol. The molecule has 0 unspecified atom stereocenters. The van der Waals surface area contributed by atoms with E-state index < -0.39 is 0 Å². The molecule has 0 bridgehead atoms. The van der Waals surface area contributed by atoms with Gasteiger partial charge in [0.2, 0.25) is 0 Å². The smallest absolute Gasteiger partial charge is 0.123 e. The van der Waals surface area contributed by atoms with E-state index in [1.807, 2.05) is 30.3 Å². The summed E-state index contributed by atoms with van der Waals surface area (Å²) in [6.45, 7) is 2.83. The molecule has 0 atom stereocenters. The molecule has 2 heteroatoms. The summed E-state index contributed by atoms with van der Waals surface area (Å²) in [6.07, 6.45) is 2.17. The van der Waals surface area contributed by atoms with E-state index in [1.54, 1.807) is 0 Å². The van der Waals surface area contributed by atoms with Crippen molar-refractivity contribution in [3.63, 3.8) is 0 Å². The molecule has 1 N–H and O–H groups in total. The second-order valence-electron chi connectivity index (χ2n) is 6.66. The first-order chi connectivity index (χ1) is 12.3. The molecule has 0 fully saturated rings. The van der Waals surface area contributed by atoms with Crippen LogP contribution in [-0.4, -0.2) is 5.11 Å². The molecule has 0 saturated carbocycles. The molecular formula is C23H22O2. The summed E-state index contributed by atoms with van der Waals surface area (Å²) in [6, 6.07) is 20.7. The Kier molecular flexibility index (Phi) is 4.29. The maximum atomic E-state index is 9.42. The van der Waals surface area contributed by atoms with Crippen LogP contribution in [0.15, 0.2) is 60.7 Å². The lowest BCUT2D eigenvalue weighted by atomic mass is 9.79. The highest BCUT2D eigenvalue weighted by molar-refractivity contribution is 5.76. The third-order valence-electron chi connectivity index (χ3n) is 4.97. The summed E-state index contributed by atoms with van der Waals surface area (Å²) in [4.78, 5) is 0. The Labute approximate surface area is 148 Å². The minimum atomic E-state index is 0.0767. The molecule has 0 aromatic heterocycles. The van der Waals surface area contributed by atoms with Crippen molar-refractivity contribution in [2.45, 2.75) is 33.0 Å². The second kappa shape index (κ2) is 6.73. The van der Waals surface area contributed by atoms with E-state index in [0.717, 1.165) is 24.2 Å². The van der Waals surface area contributed by atoms with Crippen molar-refractivity contribution < 1.29 is 9.84 Å². The van der Waals surface area contributed by atoms with Gasteiger partial charge in [-0.2, -0.15) is 0 Å². The molecule has 0 radical (unpaired) electrons. The van der Waals surface area contributed by atoms with E-state index in [-0.39, 0.29) is 6.61 Å². The van der Waals surface area contributed by atoms with Gasteiger partial charge in [-0.05, 0) is 70.8 Å². The van der Waals surface area contributed by atoms with Crippen molar-refractivity contribution in [1.82, 2.24) is 0 Å². The summed E-state index contributed by atoms with van der Waals surface area (Å²) in [7, 11) is 0. The van der Waals surface area contributed by atoms with Gasteiger partial charge in [-0.3, -0.25) is 0 Å². The fourth-order valence-electron chi connectivity index (χ4n) is 3.61. The number of aliphatic hydroxyl groups excluding tert-OH is 1. The quantitative estimate of drug-likeness (QED) is 0.726. The number of aryl methyl sites for hydroxylation is 1. The van der Waals surface area contributed by atoms with Crippen molar-refractivity contribution in [3.05, 3.63) is 88.5 Å².